The van der Waals surface area contributed by atoms with Gasteiger partial charge in [0.15, 0.2) is 11.5 Å². The van der Waals surface area contributed by atoms with Gasteiger partial charge in [-0.25, -0.2) is 0 Å². The van der Waals surface area contributed by atoms with Crippen LogP contribution < -0.4 is 14.2 Å². The Morgan fingerprint density at radius 2 is 1.62 bits per heavy atom. The first-order valence-electron chi connectivity index (χ1n) is 6.17. The van der Waals surface area contributed by atoms with Gasteiger partial charge in [-0.15, -0.1) is 0 Å². The second kappa shape index (κ2) is 7.37. The Kier molecular flexibility index (Phi) is 5.83. The van der Waals surface area contributed by atoms with Crippen molar-refractivity contribution >= 4 is 11.9 Å². The first kappa shape index (κ1) is 16.6. The van der Waals surface area contributed by atoms with Gasteiger partial charge < -0.3 is 24.2 Å². The minimum absolute atomic E-state index is 0.0422. The van der Waals surface area contributed by atoms with Crippen molar-refractivity contribution in [3.63, 3.8) is 0 Å². The average Bonchev–Trinajstić information content (AvgIpc) is 2.45. The van der Waals surface area contributed by atoms with Crippen molar-refractivity contribution in [3.05, 3.63) is 17.7 Å². The van der Waals surface area contributed by atoms with E-state index in [4.69, 9.17) is 19.3 Å². The molecule has 0 aliphatic carbocycles. The maximum absolute atomic E-state index is 12.0. The number of carboxylic acid groups (broad SMARTS) is 1. The molecule has 0 aromatic heterocycles. The van der Waals surface area contributed by atoms with Crippen LogP contribution in [0.4, 0.5) is 0 Å². The molecule has 1 aromatic rings. The van der Waals surface area contributed by atoms with Crippen molar-refractivity contribution < 1.29 is 28.9 Å². The Bertz CT molecular complexity index is 503. The number of ether oxygens (including phenoxy) is 3. The lowest BCUT2D eigenvalue weighted by atomic mass is 10.1. The van der Waals surface area contributed by atoms with Crippen LogP contribution in [0.1, 0.15) is 5.56 Å². The summed E-state index contributed by atoms with van der Waals surface area (Å²) in [5.74, 6) is -0.0430. The molecule has 1 N–H and O–H groups in total. The Morgan fingerprint density at radius 1 is 1.10 bits per heavy atom. The van der Waals surface area contributed by atoms with Gasteiger partial charge in [-0.2, -0.15) is 0 Å². The van der Waals surface area contributed by atoms with Crippen LogP contribution in [0.15, 0.2) is 12.1 Å². The number of carboxylic acids is 1. The smallest absolute Gasteiger partial charge is 0.323 e. The molecule has 116 valence electrons. The molecule has 7 nitrogen and oxygen atoms in total. The number of hydrogen-bond acceptors (Lipinski definition) is 5. The van der Waals surface area contributed by atoms with Gasteiger partial charge in [-0.1, -0.05) is 0 Å². The molecule has 7 heteroatoms. The summed E-state index contributed by atoms with van der Waals surface area (Å²) in [6.45, 7) is -0.344. The van der Waals surface area contributed by atoms with Gasteiger partial charge in [-0.3, -0.25) is 9.59 Å². The van der Waals surface area contributed by atoms with E-state index in [0.717, 1.165) is 4.90 Å². The first-order chi connectivity index (χ1) is 9.92. The molecule has 1 rings (SSSR count). The molecular weight excluding hydrogens is 278 g/mol. The van der Waals surface area contributed by atoms with Crippen LogP contribution in [0.25, 0.3) is 0 Å². The maximum Gasteiger partial charge on any atom is 0.323 e. The summed E-state index contributed by atoms with van der Waals surface area (Å²) in [6, 6.07) is 3.32. The number of carbonyl (C=O) groups excluding carboxylic acids is 1. The van der Waals surface area contributed by atoms with E-state index in [1.54, 1.807) is 12.1 Å². The number of nitrogens with zero attached hydrogens (tertiary/aromatic N) is 1. The predicted octanol–water partition coefficient (Wildman–Crippen LogP) is 0.798. The summed E-state index contributed by atoms with van der Waals surface area (Å²) in [5, 5.41) is 8.68. The SMILES string of the molecule is COc1cc(CC(=O)N(C)CC(=O)O)cc(OC)c1OC. The fourth-order valence-electron chi connectivity index (χ4n) is 1.84. The summed E-state index contributed by atoms with van der Waals surface area (Å²) in [5.41, 5.74) is 0.645. The zero-order valence-corrected chi connectivity index (χ0v) is 12.5. The highest BCUT2D eigenvalue weighted by Gasteiger charge is 2.17. The van der Waals surface area contributed by atoms with Crippen LogP contribution in [0.2, 0.25) is 0 Å². The number of hydrogen-bond donors (Lipinski definition) is 1. The van der Waals surface area contributed by atoms with Gasteiger partial charge in [0.25, 0.3) is 0 Å². The van der Waals surface area contributed by atoms with Crippen molar-refractivity contribution in [2.75, 3.05) is 34.9 Å². The Morgan fingerprint density at radius 3 is 2.00 bits per heavy atom. The highest BCUT2D eigenvalue weighted by molar-refractivity contribution is 5.83. The molecule has 1 aromatic carbocycles. The van der Waals surface area contributed by atoms with E-state index in [1.165, 1.54) is 28.4 Å². The van der Waals surface area contributed by atoms with E-state index >= 15 is 0 Å². The molecule has 0 radical (unpaired) electrons. The van der Waals surface area contributed by atoms with E-state index in [-0.39, 0.29) is 18.9 Å². The molecule has 0 saturated carbocycles. The number of rotatable bonds is 7. The molecule has 0 bridgehead atoms. The Hall–Kier alpha value is -2.44. The summed E-state index contributed by atoms with van der Waals surface area (Å²) >= 11 is 0. The van der Waals surface area contributed by atoms with Gasteiger partial charge >= 0.3 is 5.97 Å². The van der Waals surface area contributed by atoms with E-state index in [0.29, 0.717) is 22.8 Å². The van der Waals surface area contributed by atoms with Crippen LogP contribution in [0.5, 0.6) is 17.2 Å². The van der Waals surface area contributed by atoms with Crippen LogP contribution in [0.3, 0.4) is 0 Å². The molecule has 0 aliphatic heterocycles. The zero-order valence-electron chi connectivity index (χ0n) is 12.5. The van der Waals surface area contributed by atoms with Crippen LogP contribution in [-0.4, -0.2) is 56.8 Å². The van der Waals surface area contributed by atoms with E-state index in [9.17, 15) is 9.59 Å². The minimum atomic E-state index is -1.06. The zero-order chi connectivity index (χ0) is 16.0. The molecule has 0 fully saturated rings. The highest BCUT2D eigenvalue weighted by Crippen LogP contribution is 2.38. The number of aliphatic carboxylic acids is 1. The molecule has 0 spiro atoms. The largest absolute Gasteiger partial charge is 0.493 e. The molecule has 1 amide bonds. The molecule has 0 heterocycles. The second-order valence-corrected chi connectivity index (χ2v) is 4.35. The van der Waals surface area contributed by atoms with Gasteiger partial charge in [0.2, 0.25) is 11.7 Å². The Labute approximate surface area is 123 Å². The maximum atomic E-state index is 12.0. The van der Waals surface area contributed by atoms with Crippen molar-refractivity contribution in [2.45, 2.75) is 6.42 Å². The standard InChI is InChI=1S/C14H19NO6/c1-15(8-13(17)18)12(16)7-9-5-10(19-2)14(21-4)11(6-9)20-3/h5-6H,7-8H2,1-4H3,(H,17,18). The fourth-order valence-corrected chi connectivity index (χ4v) is 1.84. The molecule has 21 heavy (non-hydrogen) atoms. The number of likely N-dealkylation sites (N-methyl/N-ethyl adjacent to an activating group) is 1. The first-order valence-corrected chi connectivity index (χ1v) is 6.17. The summed E-state index contributed by atoms with van der Waals surface area (Å²) in [4.78, 5) is 23.7. The highest BCUT2D eigenvalue weighted by atomic mass is 16.5. The van der Waals surface area contributed by atoms with Gasteiger partial charge in [0.1, 0.15) is 6.54 Å². The summed E-state index contributed by atoms with van der Waals surface area (Å²) in [6.07, 6.45) is 0.0422. The quantitative estimate of drug-likeness (QED) is 0.801. The third-order valence-electron chi connectivity index (χ3n) is 2.88. The Balaban J connectivity index is 2.98. The third-order valence-corrected chi connectivity index (χ3v) is 2.88. The topological polar surface area (TPSA) is 85.3 Å². The monoisotopic (exact) mass is 297 g/mol. The van der Waals surface area contributed by atoms with E-state index < -0.39 is 5.97 Å². The fraction of sp³-hybridized carbons (Fsp3) is 0.429. The molecule has 0 unspecified atom stereocenters. The minimum Gasteiger partial charge on any atom is -0.493 e. The summed E-state index contributed by atoms with van der Waals surface area (Å²) in [7, 11) is 5.90. The van der Waals surface area contributed by atoms with Crippen LogP contribution in [0, 0.1) is 0 Å². The van der Waals surface area contributed by atoms with E-state index in [2.05, 4.69) is 0 Å². The van der Waals surface area contributed by atoms with Crippen molar-refractivity contribution in [1.29, 1.82) is 0 Å². The van der Waals surface area contributed by atoms with Gasteiger partial charge in [0.05, 0.1) is 27.8 Å². The number of amides is 1. The third kappa shape index (κ3) is 4.27. The number of carbonyl (C=O) groups is 2. The lowest BCUT2D eigenvalue weighted by Crippen LogP contribution is -2.33. The predicted molar refractivity (Wildman–Crippen MR) is 75.1 cm³/mol. The van der Waals surface area contributed by atoms with E-state index in [1.807, 2.05) is 0 Å². The van der Waals surface area contributed by atoms with Crippen LogP contribution >= 0.6 is 0 Å². The number of benzene rings is 1. The average molecular weight is 297 g/mol. The van der Waals surface area contributed by atoms with Crippen molar-refractivity contribution in [2.24, 2.45) is 0 Å². The summed E-state index contributed by atoms with van der Waals surface area (Å²) < 4.78 is 15.6. The molecule has 0 saturated heterocycles. The molecule has 0 aliphatic rings. The van der Waals surface area contributed by atoms with Gasteiger partial charge in [-0.05, 0) is 17.7 Å². The number of methoxy groups -OCH3 is 3. The van der Waals surface area contributed by atoms with Crippen LogP contribution in [-0.2, 0) is 16.0 Å². The molecule has 0 atom stereocenters. The van der Waals surface area contributed by atoms with Crippen molar-refractivity contribution in [3.8, 4) is 17.2 Å². The van der Waals surface area contributed by atoms with Gasteiger partial charge in [0, 0.05) is 7.05 Å². The molecular formula is C14H19NO6. The van der Waals surface area contributed by atoms with Crippen molar-refractivity contribution in [1.82, 2.24) is 4.90 Å². The second-order valence-electron chi connectivity index (χ2n) is 4.35. The lowest BCUT2D eigenvalue weighted by Gasteiger charge is -2.17. The normalized spacial score (nSPS) is 9.90. The lowest BCUT2D eigenvalue weighted by molar-refractivity contribution is -0.143.